The molecule has 12 nitrogen and oxygen atoms in total. The van der Waals surface area contributed by atoms with Crippen LogP contribution >= 0.6 is 0 Å². The summed E-state index contributed by atoms with van der Waals surface area (Å²) >= 11 is 0. The molecule has 3 aromatic rings. The second kappa shape index (κ2) is 11.7. The smallest absolute Gasteiger partial charge is 0.305 e. The quantitative estimate of drug-likeness (QED) is 0.324. The van der Waals surface area contributed by atoms with Gasteiger partial charge in [0.05, 0.1) is 26.7 Å². The van der Waals surface area contributed by atoms with E-state index >= 15 is 0 Å². The van der Waals surface area contributed by atoms with Crippen LogP contribution in [0.25, 0.3) is 11.0 Å². The second-order valence-corrected chi connectivity index (χ2v) is 11.6. The summed E-state index contributed by atoms with van der Waals surface area (Å²) in [5.74, 6) is 1.67. The van der Waals surface area contributed by atoms with E-state index in [0.717, 1.165) is 40.9 Å². The number of carbonyl (C=O) groups is 1. The maximum absolute atomic E-state index is 11.6. The monoisotopic (exact) mass is 581 g/mol. The number of benzene rings is 1. The molecular formula is C30H39N5O7. The van der Waals surface area contributed by atoms with E-state index in [0.29, 0.717) is 37.3 Å². The van der Waals surface area contributed by atoms with Crippen molar-refractivity contribution in [1.29, 1.82) is 0 Å². The molecular weight excluding hydrogens is 542 g/mol. The van der Waals surface area contributed by atoms with E-state index in [4.69, 9.17) is 28.4 Å². The summed E-state index contributed by atoms with van der Waals surface area (Å²) in [5.41, 5.74) is 1.72. The molecule has 3 fully saturated rings. The number of ether oxygens (including phenoxy) is 6. The van der Waals surface area contributed by atoms with E-state index in [1.807, 2.05) is 48.9 Å². The highest BCUT2D eigenvalue weighted by molar-refractivity contribution is 5.87. The molecule has 4 atom stereocenters. The van der Waals surface area contributed by atoms with Gasteiger partial charge in [0, 0.05) is 43.4 Å². The summed E-state index contributed by atoms with van der Waals surface area (Å²) in [7, 11) is 4.71. The fourth-order valence-corrected chi connectivity index (χ4v) is 6.21. The van der Waals surface area contributed by atoms with Crippen LogP contribution in [0.5, 0.6) is 11.5 Å². The zero-order valence-electron chi connectivity index (χ0n) is 24.7. The number of nitrogens with zero attached hydrogens (tertiary/aromatic N) is 3. The number of hydrogen-bond acceptors (Lipinski definition) is 11. The Morgan fingerprint density at radius 2 is 1.90 bits per heavy atom. The van der Waals surface area contributed by atoms with Crippen LogP contribution in [-0.2, 0) is 30.3 Å². The summed E-state index contributed by atoms with van der Waals surface area (Å²) in [6.45, 7) is 5.00. The first-order chi connectivity index (χ1) is 20.3. The molecule has 2 aromatic heterocycles. The summed E-state index contributed by atoms with van der Waals surface area (Å²) in [6.07, 6.45) is 4.72. The van der Waals surface area contributed by atoms with Crippen LogP contribution in [0.1, 0.15) is 44.9 Å². The Morgan fingerprint density at radius 3 is 2.67 bits per heavy atom. The van der Waals surface area contributed by atoms with Gasteiger partial charge >= 0.3 is 5.97 Å². The molecule has 1 aliphatic carbocycles. The number of nitrogens with one attached hydrogen (secondary N) is 2. The van der Waals surface area contributed by atoms with E-state index in [9.17, 15) is 4.79 Å². The first kappa shape index (κ1) is 28.7. The Bertz CT molecular complexity index is 1420. The molecule has 0 amide bonds. The molecule has 0 radical (unpaired) electrons. The number of hydrogen-bond donors (Lipinski definition) is 2. The van der Waals surface area contributed by atoms with Gasteiger partial charge in [-0.15, -0.1) is 0 Å². The summed E-state index contributed by atoms with van der Waals surface area (Å²) in [5, 5.41) is 7.91. The number of anilines is 1. The van der Waals surface area contributed by atoms with Gasteiger partial charge in [-0.1, -0.05) is 0 Å². The van der Waals surface area contributed by atoms with Gasteiger partial charge in [-0.3, -0.25) is 4.79 Å². The fraction of sp³-hybridized carbons (Fsp3) is 0.567. The molecule has 2 aliphatic heterocycles. The van der Waals surface area contributed by atoms with Crippen molar-refractivity contribution >= 4 is 22.8 Å². The Kier molecular flexibility index (Phi) is 7.97. The van der Waals surface area contributed by atoms with Gasteiger partial charge in [0.25, 0.3) is 0 Å². The topological polar surface area (TPSA) is 127 Å². The third-order valence-corrected chi connectivity index (χ3v) is 8.38. The molecule has 1 aromatic carbocycles. The zero-order chi connectivity index (χ0) is 29.4. The third-order valence-electron chi connectivity index (χ3n) is 8.38. The molecule has 1 saturated carbocycles. The van der Waals surface area contributed by atoms with Gasteiger partial charge in [-0.2, -0.15) is 0 Å². The molecule has 4 heterocycles. The average Bonchev–Trinajstić information content (AvgIpc) is 3.63. The predicted octanol–water partition coefficient (Wildman–Crippen LogP) is 3.41. The second-order valence-electron chi connectivity index (χ2n) is 11.6. The van der Waals surface area contributed by atoms with Crippen molar-refractivity contribution in [2.75, 3.05) is 33.2 Å². The van der Waals surface area contributed by atoms with E-state index in [2.05, 4.69) is 20.6 Å². The van der Waals surface area contributed by atoms with Crippen LogP contribution in [0, 0.1) is 5.92 Å². The number of esters is 1. The summed E-state index contributed by atoms with van der Waals surface area (Å²) in [6, 6.07) is 8.07. The fourth-order valence-electron chi connectivity index (χ4n) is 6.21. The Morgan fingerprint density at radius 1 is 1.10 bits per heavy atom. The molecule has 3 aliphatic rings. The molecule has 0 spiro atoms. The maximum atomic E-state index is 11.6. The maximum Gasteiger partial charge on any atom is 0.305 e. The van der Waals surface area contributed by atoms with Gasteiger partial charge in [0.2, 0.25) is 0 Å². The highest BCUT2D eigenvalue weighted by Crippen LogP contribution is 2.44. The molecule has 12 heteroatoms. The third kappa shape index (κ3) is 5.63. The van der Waals surface area contributed by atoms with Crippen molar-refractivity contribution in [2.24, 2.45) is 5.92 Å². The highest BCUT2D eigenvalue weighted by atomic mass is 16.8. The van der Waals surface area contributed by atoms with Gasteiger partial charge in [-0.05, 0) is 50.8 Å². The van der Waals surface area contributed by atoms with Gasteiger partial charge in [-0.25, -0.2) is 9.97 Å². The van der Waals surface area contributed by atoms with Crippen molar-refractivity contribution in [3.05, 3.63) is 42.4 Å². The summed E-state index contributed by atoms with van der Waals surface area (Å²) < 4.78 is 36.9. The van der Waals surface area contributed by atoms with Crippen LogP contribution in [0.15, 0.2) is 36.8 Å². The SMILES string of the molecule is COC(=O)CC1CC(NC[C@H]2O[C@@H](n3ccc4c(NCc5ccc(OC)cc5OC)ncnc43)[C@@H]3OC(C)(C)O[C@@H]32)C1. The Labute approximate surface area is 245 Å². The van der Waals surface area contributed by atoms with Crippen molar-refractivity contribution < 1.29 is 33.2 Å². The number of fused-ring (bicyclic) bond motifs is 2. The van der Waals surface area contributed by atoms with Crippen molar-refractivity contribution in [3.63, 3.8) is 0 Å². The minimum atomic E-state index is -0.722. The van der Waals surface area contributed by atoms with Crippen LogP contribution in [0.2, 0.25) is 0 Å². The number of aromatic nitrogens is 3. The van der Waals surface area contributed by atoms with Gasteiger partial charge < -0.3 is 43.6 Å². The van der Waals surface area contributed by atoms with Crippen LogP contribution < -0.4 is 20.1 Å². The van der Waals surface area contributed by atoms with E-state index in [-0.39, 0.29) is 24.3 Å². The number of rotatable bonds is 11. The molecule has 2 saturated heterocycles. The van der Waals surface area contributed by atoms with E-state index < -0.39 is 12.0 Å². The van der Waals surface area contributed by atoms with Gasteiger partial charge in [0.15, 0.2) is 12.0 Å². The lowest BCUT2D eigenvalue weighted by Gasteiger charge is -2.36. The lowest BCUT2D eigenvalue weighted by Crippen LogP contribution is -2.47. The first-order valence-corrected chi connectivity index (χ1v) is 14.4. The highest BCUT2D eigenvalue weighted by Gasteiger charge is 2.56. The largest absolute Gasteiger partial charge is 0.497 e. The normalized spacial score (nSPS) is 27.8. The summed E-state index contributed by atoms with van der Waals surface area (Å²) in [4.78, 5) is 20.7. The number of methoxy groups -OCH3 is 3. The lowest BCUT2D eigenvalue weighted by molar-refractivity contribution is -0.195. The lowest BCUT2D eigenvalue weighted by atomic mass is 9.78. The molecule has 226 valence electrons. The van der Waals surface area contributed by atoms with Gasteiger partial charge in [0.1, 0.15) is 47.6 Å². The van der Waals surface area contributed by atoms with Crippen LogP contribution in [0.3, 0.4) is 0 Å². The minimum Gasteiger partial charge on any atom is -0.497 e. The Balaban J connectivity index is 1.16. The number of carbonyl (C=O) groups excluding carboxylic acids is 1. The zero-order valence-corrected chi connectivity index (χ0v) is 24.7. The molecule has 0 bridgehead atoms. The first-order valence-electron chi connectivity index (χ1n) is 14.4. The molecule has 6 rings (SSSR count). The van der Waals surface area contributed by atoms with E-state index in [1.165, 1.54) is 7.11 Å². The molecule has 42 heavy (non-hydrogen) atoms. The van der Waals surface area contributed by atoms with Crippen LogP contribution in [-0.4, -0.2) is 78.5 Å². The standard InChI is InChI=1S/C30H39N5O7/c1-30(2)41-25-23(15-31-19-10-17(11-19)12-24(36)39-5)40-29(26(25)42-30)35-9-8-21-27(33-16-34-28(21)35)32-14-18-6-7-20(37-3)13-22(18)38-4/h6-9,13,16-17,19,23,25-26,29,31H,10-12,14-15H2,1-5H3,(H,32,33,34)/t17?,19?,23-,25-,26-,29-/m1/s1. The van der Waals surface area contributed by atoms with E-state index in [1.54, 1.807) is 20.5 Å². The van der Waals surface area contributed by atoms with Crippen LogP contribution in [0.4, 0.5) is 5.82 Å². The van der Waals surface area contributed by atoms with Crippen molar-refractivity contribution in [3.8, 4) is 11.5 Å². The van der Waals surface area contributed by atoms with Crippen molar-refractivity contribution in [1.82, 2.24) is 19.9 Å². The van der Waals surface area contributed by atoms with Crippen molar-refractivity contribution in [2.45, 2.75) is 76.0 Å². The molecule has 2 N–H and O–H groups in total. The average molecular weight is 582 g/mol. The molecule has 0 unspecified atom stereocenters. The Hall–Kier alpha value is -3.45. The minimum absolute atomic E-state index is 0.149. The predicted molar refractivity (Wildman–Crippen MR) is 153 cm³/mol.